The number of thiophene rings is 2. The Balaban J connectivity index is 1.34. The van der Waals surface area contributed by atoms with Crippen LogP contribution >= 0.6 is 34.4 Å². The first kappa shape index (κ1) is 23.1. The molecule has 0 saturated carbocycles. The van der Waals surface area contributed by atoms with Crippen LogP contribution in [0.25, 0.3) is 21.5 Å². The summed E-state index contributed by atoms with van der Waals surface area (Å²) in [6, 6.07) is 10.8. The van der Waals surface area contributed by atoms with E-state index in [0.29, 0.717) is 16.5 Å². The minimum absolute atomic E-state index is 0.131. The lowest BCUT2D eigenvalue weighted by Gasteiger charge is -2.17. The van der Waals surface area contributed by atoms with Crippen LogP contribution in [0, 0.1) is 17.2 Å². The predicted molar refractivity (Wildman–Crippen MR) is 141 cm³/mol. The second-order valence-corrected chi connectivity index (χ2v) is 11.9. The lowest BCUT2D eigenvalue weighted by Crippen LogP contribution is -2.15. The van der Waals surface area contributed by atoms with Gasteiger partial charge in [0, 0.05) is 31.9 Å². The first-order valence-electron chi connectivity index (χ1n) is 11.3. The lowest BCUT2D eigenvalue weighted by atomic mass is 9.89. The maximum absolute atomic E-state index is 12.8. The number of rotatable bonds is 6. The van der Waals surface area contributed by atoms with E-state index in [1.54, 1.807) is 22.7 Å². The van der Waals surface area contributed by atoms with Crippen LogP contribution in [0.1, 0.15) is 49.2 Å². The molecule has 0 fully saturated rings. The van der Waals surface area contributed by atoms with E-state index in [-0.39, 0.29) is 17.7 Å². The van der Waals surface area contributed by atoms with Crippen LogP contribution in [-0.2, 0) is 17.6 Å². The van der Waals surface area contributed by atoms with E-state index in [1.165, 1.54) is 21.3 Å². The van der Waals surface area contributed by atoms with Crippen LogP contribution in [0.4, 0.5) is 5.00 Å². The van der Waals surface area contributed by atoms with Crippen molar-refractivity contribution in [2.75, 3.05) is 11.1 Å². The van der Waals surface area contributed by atoms with Crippen molar-refractivity contribution in [2.45, 2.75) is 51.2 Å². The van der Waals surface area contributed by atoms with Crippen molar-refractivity contribution in [3.05, 3.63) is 45.6 Å². The maximum atomic E-state index is 12.8. The Morgan fingerprint density at radius 1 is 1.35 bits per heavy atom. The summed E-state index contributed by atoms with van der Waals surface area (Å²) in [4.78, 5) is 14.1. The Kier molecular flexibility index (Phi) is 6.47. The Bertz CT molecular complexity index is 1410. The molecule has 6 nitrogen and oxygen atoms in total. The minimum Gasteiger partial charge on any atom is -0.316 e. The van der Waals surface area contributed by atoms with Crippen LogP contribution in [0.5, 0.6) is 0 Å². The molecule has 5 rings (SSSR count). The molecule has 1 unspecified atom stereocenters. The fourth-order valence-electron chi connectivity index (χ4n) is 4.43. The molecule has 9 heteroatoms. The van der Waals surface area contributed by atoms with Gasteiger partial charge in [-0.2, -0.15) is 5.26 Å². The van der Waals surface area contributed by atoms with Gasteiger partial charge < -0.3 is 5.32 Å². The van der Waals surface area contributed by atoms with Gasteiger partial charge in [0.15, 0.2) is 11.0 Å². The number of carbonyl (C=O) groups is 1. The highest BCUT2D eigenvalue weighted by atomic mass is 32.2. The van der Waals surface area contributed by atoms with Crippen LogP contribution in [-0.4, -0.2) is 26.4 Å². The van der Waals surface area contributed by atoms with E-state index in [1.807, 2.05) is 12.1 Å². The number of hydrogen-bond acceptors (Lipinski definition) is 7. The highest BCUT2D eigenvalue weighted by Crippen LogP contribution is 2.39. The molecule has 3 heterocycles. The molecule has 1 aromatic carbocycles. The van der Waals surface area contributed by atoms with E-state index in [0.717, 1.165) is 46.8 Å². The molecule has 1 aliphatic carbocycles. The summed E-state index contributed by atoms with van der Waals surface area (Å²) >= 11 is 4.63. The zero-order chi connectivity index (χ0) is 23.8. The Morgan fingerprint density at radius 3 is 2.97 bits per heavy atom. The SMILES string of the molecule is CC1CCc2c(sc(NC(=O)CSc3nnc(-c4csc5ccccc45)n3C(C)C)c2C#N)C1. The highest BCUT2D eigenvalue weighted by molar-refractivity contribution is 7.99. The number of carbonyl (C=O) groups excluding carboxylic acids is 1. The quantitative estimate of drug-likeness (QED) is 0.300. The summed E-state index contributed by atoms with van der Waals surface area (Å²) < 4.78 is 3.31. The number of aromatic nitrogens is 3. The lowest BCUT2D eigenvalue weighted by molar-refractivity contribution is -0.113. The van der Waals surface area contributed by atoms with E-state index >= 15 is 0 Å². The van der Waals surface area contributed by atoms with Gasteiger partial charge in [-0.1, -0.05) is 36.9 Å². The van der Waals surface area contributed by atoms with Gasteiger partial charge in [-0.05, 0) is 50.7 Å². The number of nitriles is 1. The number of nitrogens with one attached hydrogen (secondary N) is 1. The second kappa shape index (κ2) is 9.53. The Labute approximate surface area is 211 Å². The van der Waals surface area contributed by atoms with Crippen molar-refractivity contribution < 1.29 is 4.79 Å². The Hall–Kier alpha value is -2.67. The molecular weight excluding hydrogens is 483 g/mol. The smallest absolute Gasteiger partial charge is 0.235 e. The molecule has 1 aliphatic rings. The Morgan fingerprint density at radius 2 is 2.18 bits per heavy atom. The topological polar surface area (TPSA) is 83.6 Å². The van der Waals surface area contributed by atoms with Gasteiger partial charge in [0.25, 0.3) is 0 Å². The van der Waals surface area contributed by atoms with Gasteiger partial charge in [0.2, 0.25) is 5.91 Å². The first-order chi connectivity index (χ1) is 16.5. The van der Waals surface area contributed by atoms with Crippen molar-refractivity contribution in [3.8, 4) is 17.5 Å². The molecule has 1 amide bonds. The second-order valence-electron chi connectivity index (χ2n) is 8.92. The largest absolute Gasteiger partial charge is 0.316 e. The van der Waals surface area contributed by atoms with Crippen LogP contribution in [0.15, 0.2) is 34.8 Å². The normalized spacial score (nSPS) is 15.4. The number of hydrogen-bond donors (Lipinski definition) is 1. The summed E-state index contributed by atoms with van der Waals surface area (Å²) in [5.74, 6) is 1.52. The molecule has 0 aliphatic heterocycles. The maximum Gasteiger partial charge on any atom is 0.235 e. The zero-order valence-corrected chi connectivity index (χ0v) is 21.7. The van der Waals surface area contributed by atoms with Gasteiger partial charge in [-0.3, -0.25) is 9.36 Å². The average Bonchev–Trinajstić information content (AvgIpc) is 3.51. The molecule has 34 heavy (non-hydrogen) atoms. The molecule has 4 aromatic rings. The molecule has 0 bridgehead atoms. The van der Waals surface area contributed by atoms with Crippen molar-refractivity contribution in [1.29, 1.82) is 5.26 Å². The van der Waals surface area contributed by atoms with Gasteiger partial charge in [-0.15, -0.1) is 32.9 Å². The number of benzene rings is 1. The minimum atomic E-state index is -0.131. The molecular formula is C25H25N5OS3. The van der Waals surface area contributed by atoms with E-state index in [4.69, 9.17) is 0 Å². The third kappa shape index (κ3) is 4.26. The summed E-state index contributed by atoms with van der Waals surface area (Å²) in [6.07, 6.45) is 2.99. The van der Waals surface area contributed by atoms with Crippen LogP contribution in [0.2, 0.25) is 0 Å². The fraction of sp³-hybridized carbons (Fsp3) is 0.360. The first-order valence-corrected chi connectivity index (χ1v) is 14.0. The van der Waals surface area contributed by atoms with E-state index in [9.17, 15) is 10.1 Å². The average molecular weight is 508 g/mol. The third-order valence-electron chi connectivity index (χ3n) is 6.11. The predicted octanol–water partition coefficient (Wildman–Crippen LogP) is 6.53. The molecule has 1 atom stereocenters. The molecule has 0 radical (unpaired) electrons. The number of fused-ring (bicyclic) bond motifs is 2. The van der Waals surface area contributed by atoms with Gasteiger partial charge in [0.1, 0.15) is 11.1 Å². The summed E-state index contributed by atoms with van der Waals surface area (Å²) in [5.41, 5.74) is 2.83. The summed E-state index contributed by atoms with van der Waals surface area (Å²) in [5, 5.41) is 26.3. The summed E-state index contributed by atoms with van der Waals surface area (Å²) in [6.45, 7) is 6.44. The molecule has 0 saturated heterocycles. The number of anilines is 1. The summed E-state index contributed by atoms with van der Waals surface area (Å²) in [7, 11) is 0. The number of amides is 1. The van der Waals surface area contributed by atoms with Crippen molar-refractivity contribution >= 4 is 55.4 Å². The van der Waals surface area contributed by atoms with Crippen LogP contribution in [0.3, 0.4) is 0 Å². The van der Waals surface area contributed by atoms with Crippen molar-refractivity contribution in [1.82, 2.24) is 14.8 Å². The standard InChI is InChI=1S/C25H25N5OS3/c1-14(2)30-23(19-12-32-20-7-5-4-6-16(19)20)28-29-25(30)33-13-22(31)27-24-18(11-26)17-9-8-15(3)10-21(17)34-24/h4-7,12,14-15H,8-10,13H2,1-3H3,(H,27,31). The zero-order valence-electron chi connectivity index (χ0n) is 19.3. The van der Waals surface area contributed by atoms with Gasteiger partial charge in [-0.25, -0.2) is 0 Å². The van der Waals surface area contributed by atoms with E-state index in [2.05, 4.69) is 64.4 Å². The van der Waals surface area contributed by atoms with E-state index < -0.39 is 0 Å². The van der Waals surface area contributed by atoms with Crippen molar-refractivity contribution in [2.24, 2.45) is 5.92 Å². The number of nitrogens with zero attached hydrogens (tertiary/aromatic N) is 4. The molecule has 174 valence electrons. The van der Waals surface area contributed by atoms with Gasteiger partial charge >= 0.3 is 0 Å². The molecule has 3 aromatic heterocycles. The number of thioether (sulfide) groups is 1. The van der Waals surface area contributed by atoms with Crippen molar-refractivity contribution in [3.63, 3.8) is 0 Å². The molecule has 1 N–H and O–H groups in total. The van der Waals surface area contributed by atoms with Crippen LogP contribution < -0.4 is 5.32 Å². The monoisotopic (exact) mass is 507 g/mol. The highest BCUT2D eigenvalue weighted by Gasteiger charge is 2.25. The third-order valence-corrected chi connectivity index (χ3v) is 9.19. The fourth-order valence-corrected chi connectivity index (χ4v) is 7.61. The van der Waals surface area contributed by atoms with Gasteiger partial charge in [0.05, 0.1) is 11.3 Å². The molecule has 0 spiro atoms.